The van der Waals surface area contributed by atoms with E-state index in [1.54, 1.807) is 0 Å². The highest BCUT2D eigenvalue weighted by Gasteiger charge is 2.40. The molecule has 0 saturated carbocycles. The van der Waals surface area contributed by atoms with Crippen LogP contribution in [-0.4, -0.2) is 23.2 Å². The molecule has 0 spiro atoms. The molecule has 1 rings (SSSR count). The zero-order valence-corrected chi connectivity index (χ0v) is 13.0. The normalized spacial score (nSPS) is 21.4. The maximum Gasteiger partial charge on any atom is 0.311 e. The summed E-state index contributed by atoms with van der Waals surface area (Å²) in [4.78, 5) is 12.1. The first kappa shape index (κ1) is 21.7. The van der Waals surface area contributed by atoms with Gasteiger partial charge in [-0.2, -0.15) is 0 Å². The van der Waals surface area contributed by atoms with Gasteiger partial charge in [0.1, 0.15) is 6.10 Å². The van der Waals surface area contributed by atoms with Gasteiger partial charge in [-0.15, -0.1) is 0 Å². The first-order valence-corrected chi connectivity index (χ1v) is 6.98. The number of carbonyl (C=O) groups excluding carboxylic acids is 1. The van der Waals surface area contributed by atoms with E-state index in [1.165, 1.54) is 0 Å². The van der Waals surface area contributed by atoms with E-state index in [-0.39, 0.29) is 43.4 Å². The van der Waals surface area contributed by atoms with Crippen molar-refractivity contribution in [3.05, 3.63) is 0 Å². The van der Waals surface area contributed by atoms with Crippen molar-refractivity contribution in [3.63, 3.8) is 0 Å². The first-order chi connectivity index (χ1) is 7.97. The Morgan fingerprint density at radius 3 is 1.90 bits per heavy atom. The van der Waals surface area contributed by atoms with E-state index < -0.39 is 0 Å². The Balaban J connectivity index is 0. The van der Waals surface area contributed by atoms with Crippen molar-refractivity contribution in [1.29, 1.82) is 0 Å². The maximum atomic E-state index is 12.1. The summed E-state index contributed by atoms with van der Waals surface area (Å²) in [5.41, 5.74) is -0.342. The SMILES string of the molecule is C.C.CCC(C)(C)C(=O)OC1CC(C)(C)NC(C)(C)C1. The third kappa shape index (κ3) is 5.82. The van der Waals surface area contributed by atoms with Crippen LogP contribution in [-0.2, 0) is 9.53 Å². The van der Waals surface area contributed by atoms with E-state index in [1.807, 2.05) is 20.8 Å². The predicted molar refractivity (Wildman–Crippen MR) is 87.9 cm³/mol. The molecule has 1 fully saturated rings. The van der Waals surface area contributed by atoms with Crippen molar-refractivity contribution in [2.24, 2.45) is 5.41 Å². The lowest BCUT2D eigenvalue weighted by molar-refractivity contribution is -0.163. The van der Waals surface area contributed by atoms with Gasteiger partial charge in [0.15, 0.2) is 0 Å². The fourth-order valence-corrected chi connectivity index (χ4v) is 2.77. The number of hydrogen-bond acceptors (Lipinski definition) is 3. The number of esters is 1. The molecule has 1 heterocycles. The van der Waals surface area contributed by atoms with Crippen LogP contribution in [0.1, 0.15) is 82.6 Å². The number of carbonyl (C=O) groups is 1. The quantitative estimate of drug-likeness (QED) is 0.774. The second-order valence-electron chi connectivity index (χ2n) is 7.57. The minimum atomic E-state index is -0.376. The molecule has 3 heteroatoms. The van der Waals surface area contributed by atoms with Gasteiger partial charge in [-0.1, -0.05) is 21.8 Å². The van der Waals surface area contributed by atoms with Gasteiger partial charge in [0.2, 0.25) is 0 Å². The van der Waals surface area contributed by atoms with Crippen molar-refractivity contribution in [2.75, 3.05) is 0 Å². The molecule has 1 aliphatic rings. The predicted octanol–water partition coefficient (Wildman–Crippen LogP) is 4.55. The van der Waals surface area contributed by atoms with Crippen molar-refractivity contribution in [1.82, 2.24) is 5.32 Å². The number of nitrogens with one attached hydrogen (secondary N) is 1. The average Bonchev–Trinajstić information content (AvgIpc) is 2.12. The summed E-state index contributed by atoms with van der Waals surface area (Å²) < 4.78 is 5.74. The smallest absolute Gasteiger partial charge is 0.311 e. The van der Waals surface area contributed by atoms with E-state index in [0.29, 0.717) is 0 Å². The van der Waals surface area contributed by atoms with Gasteiger partial charge in [-0.3, -0.25) is 4.79 Å². The lowest BCUT2D eigenvalue weighted by Gasteiger charge is -2.46. The van der Waals surface area contributed by atoms with Crippen molar-refractivity contribution in [2.45, 2.75) is 99.8 Å². The van der Waals surface area contributed by atoms with Gasteiger partial charge < -0.3 is 10.1 Å². The van der Waals surface area contributed by atoms with Crippen LogP contribution in [0.25, 0.3) is 0 Å². The van der Waals surface area contributed by atoms with E-state index in [4.69, 9.17) is 4.74 Å². The summed E-state index contributed by atoms with van der Waals surface area (Å²) >= 11 is 0. The molecule has 3 nitrogen and oxygen atoms in total. The van der Waals surface area contributed by atoms with Gasteiger partial charge in [0, 0.05) is 23.9 Å². The third-order valence-corrected chi connectivity index (χ3v) is 3.86. The Kier molecular flexibility index (Phi) is 7.52. The minimum Gasteiger partial charge on any atom is -0.462 e. The van der Waals surface area contributed by atoms with E-state index >= 15 is 0 Å². The zero-order chi connectivity index (χ0) is 14.2. The third-order valence-electron chi connectivity index (χ3n) is 3.86. The van der Waals surface area contributed by atoms with Crippen LogP contribution in [0.3, 0.4) is 0 Å². The number of hydrogen-bond donors (Lipinski definition) is 1. The van der Waals surface area contributed by atoms with Crippen molar-refractivity contribution < 1.29 is 9.53 Å². The summed E-state index contributed by atoms with van der Waals surface area (Å²) in [6.45, 7) is 14.6. The van der Waals surface area contributed by atoms with Crippen LogP contribution in [0.4, 0.5) is 0 Å². The topological polar surface area (TPSA) is 38.3 Å². The fourth-order valence-electron chi connectivity index (χ4n) is 2.77. The van der Waals surface area contributed by atoms with E-state index in [9.17, 15) is 4.79 Å². The molecule has 0 unspecified atom stereocenters. The van der Waals surface area contributed by atoms with Crippen LogP contribution in [0.5, 0.6) is 0 Å². The lowest BCUT2D eigenvalue weighted by Crippen LogP contribution is -2.60. The second-order valence-corrected chi connectivity index (χ2v) is 7.57. The molecule has 1 aliphatic heterocycles. The standard InChI is InChI=1S/C15H29NO2.2CH4/c1-8-13(2,3)12(17)18-11-9-14(4,5)16-15(6,7)10-11;;/h11,16H,8-10H2,1-7H3;2*1H4. The number of ether oxygens (including phenoxy) is 1. The average molecular weight is 287 g/mol. The zero-order valence-electron chi connectivity index (χ0n) is 13.0. The second kappa shape index (κ2) is 6.93. The van der Waals surface area contributed by atoms with Crippen LogP contribution in [0.15, 0.2) is 0 Å². The molecule has 0 aromatic heterocycles. The molecule has 1 N–H and O–H groups in total. The van der Waals surface area contributed by atoms with Gasteiger partial charge >= 0.3 is 5.97 Å². The van der Waals surface area contributed by atoms with Crippen LogP contribution >= 0.6 is 0 Å². The van der Waals surface area contributed by atoms with Crippen molar-refractivity contribution >= 4 is 5.97 Å². The molecule has 0 radical (unpaired) electrons. The molecule has 0 amide bonds. The highest BCUT2D eigenvalue weighted by molar-refractivity contribution is 5.76. The maximum absolute atomic E-state index is 12.1. The lowest BCUT2D eigenvalue weighted by atomic mass is 9.80. The number of rotatable bonds is 3. The fraction of sp³-hybridized carbons (Fsp3) is 0.941. The Morgan fingerprint density at radius 1 is 1.15 bits per heavy atom. The number of piperidine rings is 1. The van der Waals surface area contributed by atoms with Crippen LogP contribution in [0.2, 0.25) is 0 Å². The molecule has 20 heavy (non-hydrogen) atoms. The van der Waals surface area contributed by atoms with Crippen molar-refractivity contribution in [3.8, 4) is 0 Å². The first-order valence-electron chi connectivity index (χ1n) is 6.98. The molecule has 0 bridgehead atoms. The van der Waals surface area contributed by atoms with Gasteiger partial charge in [-0.25, -0.2) is 0 Å². The highest BCUT2D eigenvalue weighted by Crippen LogP contribution is 2.32. The Labute approximate surface area is 126 Å². The molecule has 0 aromatic carbocycles. The van der Waals surface area contributed by atoms with Gasteiger partial charge in [0.25, 0.3) is 0 Å². The molecular formula is C17H37NO2. The molecule has 0 atom stereocenters. The molecule has 0 aromatic rings. The largest absolute Gasteiger partial charge is 0.462 e. The summed E-state index contributed by atoms with van der Waals surface area (Å²) in [6.07, 6.45) is 2.59. The molecular weight excluding hydrogens is 250 g/mol. The Bertz CT molecular complexity index is 303. The molecule has 122 valence electrons. The van der Waals surface area contributed by atoms with E-state index in [2.05, 4.69) is 33.0 Å². The summed E-state index contributed by atoms with van der Waals surface area (Å²) in [5.74, 6) is -0.0662. The monoisotopic (exact) mass is 287 g/mol. The van der Waals surface area contributed by atoms with Crippen LogP contribution in [0, 0.1) is 5.41 Å². The molecule has 0 aliphatic carbocycles. The van der Waals surface area contributed by atoms with E-state index in [0.717, 1.165) is 19.3 Å². The van der Waals surface area contributed by atoms with Gasteiger partial charge in [-0.05, 0) is 48.0 Å². The Hall–Kier alpha value is -0.570. The Morgan fingerprint density at radius 2 is 1.55 bits per heavy atom. The summed E-state index contributed by atoms with van der Waals surface area (Å²) in [5, 5.41) is 3.60. The highest BCUT2D eigenvalue weighted by atomic mass is 16.5. The van der Waals surface area contributed by atoms with Gasteiger partial charge in [0.05, 0.1) is 5.41 Å². The molecule has 1 saturated heterocycles. The summed E-state index contributed by atoms with van der Waals surface area (Å²) in [7, 11) is 0. The summed E-state index contributed by atoms with van der Waals surface area (Å²) in [6, 6.07) is 0. The minimum absolute atomic E-state index is 0. The van der Waals surface area contributed by atoms with Crippen LogP contribution < -0.4 is 5.32 Å².